The van der Waals surface area contributed by atoms with Crippen molar-refractivity contribution in [2.45, 2.75) is 25.9 Å². The molecule has 0 saturated carbocycles. The van der Waals surface area contributed by atoms with E-state index in [1.54, 1.807) is 32.0 Å². The van der Waals surface area contributed by atoms with Crippen LogP contribution in [0.1, 0.15) is 30.6 Å². The SMILES string of the molecule is COc1ccc(OC)c(NC(=O)COc2cc(O)c3c(c2)OC(C)(C)CC3=O)c1. The smallest absolute Gasteiger partial charge is 0.262 e. The fourth-order valence-electron chi connectivity index (χ4n) is 3.08. The molecule has 0 aromatic heterocycles. The molecule has 1 aliphatic rings. The molecule has 2 N–H and O–H groups in total. The quantitative estimate of drug-likeness (QED) is 0.766. The molecule has 29 heavy (non-hydrogen) atoms. The maximum atomic E-state index is 12.3. The van der Waals surface area contributed by atoms with Crippen LogP contribution in [0.15, 0.2) is 30.3 Å². The molecule has 0 spiro atoms. The molecular formula is C21H23NO7. The zero-order valence-corrected chi connectivity index (χ0v) is 16.7. The Morgan fingerprint density at radius 1 is 1.17 bits per heavy atom. The van der Waals surface area contributed by atoms with Crippen molar-refractivity contribution in [3.05, 3.63) is 35.9 Å². The molecular weight excluding hydrogens is 378 g/mol. The van der Waals surface area contributed by atoms with Crippen LogP contribution in [0.25, 0.3) is 0 Å². The highest BCUT2D eigenvalue weighted by Gasteiger charge is 2.35. The Morgan fingerprint density at radius 2 is 1.93 bits per heavy atom. The Morgan fingerprint density at radius 3 is 2.62 bits per heavy atom. The van der Waals surface area contributed by atoms with Crippen LogP contribution in [0.3, 0.4) is 0 Å². The first-order valence-corrected chi connectivity index (χ1v) is 8.96. The first-order valence-electron chi connectivity index (χ1n) is 8.96. The number of nitrogens with one attached hydrogen (secondary N) is 1. The number of Topliss-reactive ketones (excluding diaryl/α,β-unsaturated/α-hetero) is 1. The van der Waals surface area contributed by atoms with E-state index in [0.29, 0.717) is 17.2 Å². The maximum Gasteiger partial charge on any atom is 0.262 e. The second-order valence-electron chi connectivity index (χ2n) is 7.18. The lowest BCUT2D eigenvalue weighted by molar-refractivity contribution is -0.118. The van der Waals surface area contributed by atoms with Crippen LogP contribution >= 0.6 is 0 Å². The van der Waals surface area contributed by atoms with E-state index < -0.39 is 11.5 Å². The Balaban J connectivity index is 1.72. The van der Waals surface area contributed by atoms with Crippen molar-refractivity contribution in [1.29, 1.82) is 0 Å². The molecule has 0 fully saturated rings. The molecule has 3 rings (SSSR count). The van der Waals surface area contributed by atoms with Crippen LogP contribution in [-0.4, -0.2) is 43.2 Å². The monoisotopic (exact) mass is 401 g/mol. The Labute approximate surface area is 168 Å². The summed E-state index contributed by atoms with van der Waals surface area (Å²) < 4.78 is 21.6. The van der Waals surface area contributed by atoms with Crippen LogP contribution in [0.2, 0.25) is 0 Å². The van der Waals surface area contributed by atoms with Gasteiger partial charge in [0.2, 0.25) is 0 Å². The van der Waals surface area contributed by atoms with Gasteiger partial charge in [-0.2, -0.15) is 0 Å². The van der Waals surface area contributed by atoms with Crippen LogP contribution in [0.4, 0.5) is 5.69 Å². The van der Waals surface area contributed by atoms with E-state index in [1.807, 2.05) is 0 Å². The summed E-state index contributed by atoms with van der Waals surface area (Å²) in [5.74, 6) is 0.587. The van der Waals surface area contributed by atoms with Gasteiger partial charge in [0.05, 0.1) is 26.3 Å². The predicted molar refractivity (Wildman–Crippen MR) is 105 cm³/mol. The van der Waals surface area contributed by atoms with Crippen LogP contribution in [0, 0.1) is 0 Å². The minimum atomic E-state index is -0.685. The van der Waals surface area contributed by atoms with E-state index in [9.17, 15) is 14.7 Å². The lowest BCUT2D eigenvalue weighted by atomic mass is 9.92. The van der Waals surface area contributed by atoms with Gasteiger partial charge in [0.25, 0.3) is 5.91 Å². The average Bonchev–Trinajstić information content (AvgIpc) is 2.64. The summed E-state index contributed by atoms with van der Waals surface area (Å²) in [6.45, 7) is 3.25. The molecule has 2 aromatic carbocycles. The maximum absolute atomic E-state index is 12.3. The van der Waals surface area contributed by atoms with Gasteiger partial charge in [-0.05, 0) is 26.0 Å². The molecule has 1 amide bonds. The normalized spacial score (nSPS) is 14.4. The highest BCUT2D eigenvalue weighted by Crippen LogP contribution is 2.41. The first kappa shape index (κ1) is 20.3. The summed E-state index contributed by atoms with van der Waals surface area (Å²) in [4.78, 5) is 24.6. The standard InChI is InChI=1S/C21H23NO7/c1-21(2)10-16(24)20-15(23)8-13(9-18(20)29-21)28-11-19(25)22-14-7-12(26-3)5-6-17(14)27-4/h5-9,23H,10-11H2,1-4H3,(H,22,25). The Hall–Kier alpha value is -3.42. The molecule has 0 saturated heterocycles. The van der Waals surface area contributed by atoms with E-state index >= 15 is 0 Å². The molecule has 1 aliphatic heterocycles. The van der Waals surface area contributed by atoms with Gasteiger partial charge in [0, 0.05) is 18.2 Å². The molecule has 2 aromatic rings. The predicted octanol–water partition coefficient (Wildman–Crippen LogP) is 3.17. The van der Waals surface area contributed by atoms with Gasteiger partial charge in [0.1, 0.15) is 39.9 Å². The van der Waals surface area contributed by atoms with Crippen molar-refractivity contribution in [3.8, 4) is 28.7 Å². The van der Waals surface area contributed by atoms with E-state index in [2.05, 4.69) is 5.32 Å². The van der Waals surface area contributed by atoms with Crippen LogP contribution in [-0.2, 0) is 4.79 Å². The molecule has 0 atom stereocenters. The number of phenols is 1. The number of methoxy groups -OCH3 is 2. The highest BCUT2D eigenvalue weighted by atomic mass is 16.5. The number of rotatable bonds is 6. The van der Waals surface area contributed by atoms with Gasteiger partial charge < -0.3 is 29.4 Å². The van der Waals surface area contributed by atoms with Crippen LogP contribution in [0.5, 0.6) is 28.7 Å². The van der Waals surface area contributed by atoms with Crippen molar-refractivity contribution in [2.24, 2.45) is 0 Å². The third kappa shape index (κ3) is 4.53. The number of carbonyl (C=O) groups excluding carboxylic acids is 2. The number of aromatic hydroxyl groups is 1. The largest absolute Gasteiger partial charge is 0.507 e. The number of hydrogen-bond acceptors (Lipinski definition) is 7. The minimum Gasteiger partial charge on any atom is -0.507 e. The van der Waals surface area contributed by atoms with Crippen molar-refractivity contribution in [3.63, 3.8) is 0 Å². The third-order valence-electron chi connectivity index (χ3n) is 4.36. The lowest BCUT2D eigenvalue weighted by Gasteiger charge is -2.32. The molecule has 0 unspecified atom stereocenters. The third-order valence-corrected chi connectivity index (χ3v) is 4.36. The van der Waals surface area contributed by atoms with E-state index in [4.69, 9.17) is 18.9 Å². The lowest BCUT2D eigenvalue weighted by Crippen LogP contribution is -2.35. The summed E-state index contributed by atoms with van der Waals surface area (Å²) in [6.07, 6.45) is 0.165. The van der Waals surface area contributed by atoms with Crippen molar-refractivity contribution in [2.75, 3.05) is 26.1 Å². The number of ether oxygens (including phenoxy) is 4. The van der Waals surface area contributed by atoms with Crippen molar-refractivity contribution < 1.29 is 33.6 Å². The van der Waals surface area contributed by atoms with Crippen molar-refractivity contribution in [1.82, 2.24) is 0 Å². The van der Waals surface area contributed by atoms with Gasteiger partial charge in [-0.1, -0.05) is 0 Å². The van der Waals surface area contributed by atoms with Crippen molar-refractivity contribution >= 4 is 17.4 Å². The summed E-state index contributed by atoms with van der Waals surface area (Å²) in [5, 5.41) is 12.9. The number of ketones is 1. The number of phenolic OH excluding ortho intramolecular Hbond substituents is 1. The van der Waals surface area contributed by atoms with E-state index in [0.717, 1.165) is 0 Å². The zero-order valence-electron chi connectivity index (χ0n) is 16.7. The molecule has 0 radical (unpaired) electrons. The number of amides is 1. The van der Waals surface area contributed by atoms with Crippen LogP contribution < -0.4 is 24.3 Å². The topological polar surface area (TPSA) is 103 Å². The second-order valence-corrected chi connectivity index (χ2v) is 7.18. The molecule has 0 bridgehead atoms. The fraction of sp³-hybridized carbons (Fsp3) is 0.333. The molecule has 8 heteroatoms. The van der Waals surface area contributed by atoms with Gasteiger partial charge >= 0.3 is 0 Å². The van der Waals surface area contributed by atoms with E-state index in [-0.39, 0.29) is 41.6 Å². The fourth-order valence-corrected chi connectivity index (χ4v) is 3.08. The Kier molecular flexibility index (Phi) is 5.54. The number of fused-ring (bicyclic) bond motifs is 1. The second kappa shape index (κ2) is 7.90. The number of hydrogen-bond donors (Lipinski definition) is 2. The number of anilines is 1. The molecule has 8 nitrogen and oxygen atoms in total. The average molecular weight is 401 g/mol. The summed E-state index contributed by atoms with van der Waals surface area (Å²) in [7, 11) is 3.01. The molecule has 1 heterocycles. The molecule has 0 aliphatic carbocycles. The summed E-state index contributed by atoms with van der Waals surface area (Å²) in [5.41, 5.74) is -0.123. The summed E-state index contributed by atoms with van der Waals surface area (Å²) >= 11 is 0. The highest BCUT2D eigenvalue weighted by molar-refractivity contribution is 6.03. The number of benzene rings is 2. The van der Waals surface area contributed by atoms with Gasteiger partial charge in [-0.25, -0.2) is 0 Å². The van der Waals surface area contributed by atoms with E-state index in [1.165, 1.54) is 26.4 Å². The van der Waals surface area contributed by atoms with Gasteiger partial charge in [-0.15, -0.1) is 0 Å². The molecule has 154 valence electrons. The van der Waals surface area contributed by atoms with Gasteiger partial charge in [-0.3, -0.25) is 9.59 Å². The number of carbonyl (C=O) groups is 2. The first-order chi connectivity index (χ1) is 13.7. The summed E-state index contributed by atoms with van der Waals surface area (Å²) in [6, 6.07) is 7.80. The Bertz CT molecular complexity index is 952. The zero-order chi connectivity index (χ0) is 21.2. The minimum absolute atomic E-state index is 0.127. The van der Waals surface area contributed by atoms with Gasteiger partial charge in [0.15, 0.2) is 12.4 Å².